The molecular formula is C8H10BrClF2N2O. The number of phenolic OH excluding ortho intramolecular Hbond substituents is 1. The summed E-state index contributed by atoms with van der Waals surface area (Å²) in [5.74, 6) is -2.65. The number of hydrogen-bond donors (Lipinski definition) is 3. The van der Waals surface area contributed by atoms with E-state index in [4.69, 9.17) is 11.5 Å². The highest BCUT2D eigenvalue weighted by atomic mass is 79.9. The van der Waals surface area contributed by atoms with Crippen LogP contribution < -0.4 is 11.5 Å². The number of benzene rings is 1. The van der Waals surface area contributed by atoms with Gasteiger partial charge in [0.15, 0.2) is 11.6 Å². The van der Waals surface area contributed by atoms with E-state index in [2.05, 4.69) is 15.9 Å². The Morgan fingerprint density at radius 1 is 1.47 bits per heavy atom. The van der Waals surface area contributed by atoms with Gasteiger partial charge in [-0.3, -0.25) is 0 Å². The van der Waals surface area contributed by atoms with Gasteiger partial charge in [-0.05, 0) is 22.0 Å². The molecule has 0 aliphatic heterocycles. The standard InChI is InChI=1S/C8H9BrF2N2O.ClH/c9-3-1-4(10)7(11)6(8(3)14)5(13)2-12;/h1,5,14H,2,12-13H2;1H/t5-;/m1./s1. The summed E-state index contributed by atoms with van der Waals surface area (Å²) in [6, 6.07) is -0.0979. The fraction of sp³-hybridized carbons (Fsp3) is 0.250. The van der Waals surface area contributed by atoms with Crippen LogP contribution in [0.2, 0.25) is 0 Å². The van der Waals surface area contributed by atoms with Crippen molar-refractivity contribution in [3.05, 3.63) is 27.7 Å². The Kier molecular flexibility index (Phi) is 5.44. The van der Waals surface area contributed by atoms with Crippen LogP contribution in [-0.2, 0) is 0 Å². The molecule has 1 atom stereocenters. The highest BCUT2D eigenvalue weighted by molar-refractivity contribution is 9.10. The molecule has 0 saturated heterocycles. The van der Waals surface area contributed by atoms with E-state index in [1.807, 2.05) is 0 Å². The molecule has 86 valence electrons. The summed E-state index contributed by atoms with van der Waals surface area (Å²) >= 11 is 2.88. The van der Waals surface area contributed by atoms with E-state index in [-0.39, 0.29) is 29.0 Å². The molecule has 0 fully saturated rings. The van der Waals surface area contributed by atoms with E-state index in [1.165, 1.54) is 0 Å². The van der Waals surface area contributed by atoms with Gasteiger partial charge in [-0.25, -0.2) is 8.78 Å². The molecule has 0 aromatic heterocycles. The molecule has 0 aliphatic rings. The first-order valence-corrected chi connectivity index (χ1v) is 4.60. The zero-order valence-corrected chi connectivity index (χ0v) is 9.91. The lowest BCUT2D eigenvalue weighted by atomic mass is 10.1. The van der Waals surface area contributed by atoms with Crippen LogP contribution in [0, 0.1) is 11.6 Å². The van der Waals surface area contributed by atoms with Gasteiger partial charge >= 0.3 is 0 Å². The Morgan fingerprint density at radius 2 is 2.00 bits per heavy atom. The van der Waals surface area contributed by atoms with Gasteiger partial charge < -0.3 is 16.6 Å². The van der Waals surface area contributed by atoms with E-state index < -0.39 is 23.4 Å². The van der Waals surface area contributed by atoms with Crippen molar-refractivity contribution in [1.82, 2.24) is 0 Å². The van der Waals surface area contributed by atoms with Crippen molar-refractivity contribution >= 4 is 28.3 Å². The van der Waals surface area contributed by atoms with Crippen LogP contribution in [-0.4, -0.2) is 11.7 Å². The lowest BCUT2D eigenvalue weighted by Gasteiger charge is -2.13. The van der Waals surface area contributed by atoms with Gasteiger partial charge in [-0.2, -0.15) is 0 Å². The lowest BCUT2D eigenvalue weighted by Crippen LogP contribution is -2.22. The van der Waals surface area contributed by atoms with Gasteiger partial charge in [0.05, 0.1) is 10.0 Å². The van der Waals surface area contributed by atoms with E-state index in [9.17, 15) is 13.9 Å². The topological polar surface area (TPSA) is 72.3 Å². The predicted molar refractivity (Wildman–Crippen MR) is 59.0 cm³/mol. The third kappa shape index (κ3) is 2.78. The molecule has 0 heterocycles. The zero-order valence-electron chi connectivity index (χ0n) is 7.51. The predicted octanol–water partition coefficient (Wildman–Crippen LogP) is 1.81. The molecule has 0 radical (unpaired) electrons. The third-order valence-electron chi connectivity index (χ3n) is 1.81. The Morgan fingerprint density at radius 3 is 2.47 bits per heavy atom. The summed E-state index contributed by atoms with van der Waals surface area (Å²) in [7, 11) is 0. The fourth-order valence-corrected chi connectivity index (χ4v) is 1.48. The molecule has 1 aromatic rings. The second-order valence-corrected chi connectivity index (χ2v) is 3.61. The van der Waals surface area contributed by atoms with Gasteiger partial charge in [0.1, 0.15) is 5.75 Å². The largest absolute Gasteiger partial charge is 0.506 e. The molecular weight excluding hydrogens is 293 g/mol. The molecule has 0 saturated carbocycles. The maximum atomic E-state index is 13.2. The second-order valence-electron chi connectivity index (χ2n) is 2.76. The van der Waals surface area contributed by atoms with Crippen LogP contribution in [0.1, 0.15) is 11.6 Å². The molecule has 15 heavy (non-hydrogen) atoms. The van der Waals surface area contributed by atoms with Crippen molar-refractivity contribution in [2.24, 2.45) is 11.5 Å². The Bertz CT molecular complexity index is 339. The fourth-order valence-electron chi connectivity index (χ4n) is 1.06. The SMILES string of the molecule is Cl.NC[C@@H](N)c1c(O)c(Br)cc(F)c1F. The Balaban J connectivity index is 0.00000196. The zero-order chi connectivity index (χ0) is 10.9. The molecule has 0 bridgehead atoms. The van der Waals surface area contributed by atoms with Crippen molar-refractivity contribution in [1.29, 1.82) is 0 Å². The average molecular weight is 304 g/mol. The minimum Gasteiger partial charge on any atom is -0.506 e. The third-order valence-corrected chi connectivity index (χ3v) is 2.41. The summed E-state index contributed by atoms with van der Waals surface area (Å²) in [5.41, 5.74) is 10.3. The summed E-state index contributed by atoms with van der Waals surface area (Å²) in [6.07, 6.45) is 0. The normalized spacial score (nSPS) is 12.1. The van der Waals surface area contributed by atoms with E-state index >= 15 is 0 Å². The van der Waals surface area contributed by atoms with Gasteiger partial charge in [0.2, 0.25) is 0 Å². The highest BCUT2D eigenvalue weighted by Crippen LogP contribution is 2.34. The van der Waals surface area contributed by atoms with Crippen molar-refractivity contribution < 1.29 is 13.9 Å². The minimum atomic E-state index is -1.16. The van der Waals surface area contributed by atoms with Gasteiger partial charge in [-0.1, -0.05) is 0 Å². The highest BCUT2D eigenvalue weighted by Gasteiger charge is 2.21. The first-order chi connectivity index (χ1) is 6.49. The molecule has 1 aromatic carbocycles. The smallest absolute Gasteiger partial charge is 0.167 e. The average Bonchev–Trinajstić information content (AvgIpc) is 2.15. The van der Waals surface area contributed by atoms with E-state index in [1.54, 1.807) is 0 Å². The number of hydrogen-bond acceptors (Lipinski definition) is 3. The molecule has 0 unspecified atom stereocenters. The maximum Gasteiger partial charge on any atom is 0.167 e. The Labute approximate surface area is 100.0 Å². The number of aromatic hydroxyl groups is 1. The van der Waals surface area contributed by atoms with Crippen LogP contribution >= 0.6 is 28.3 Å². The van der Waals surface area contributed by atoms with Gasteiger partial charge in [0, 0.05) is 12.6 Å². The number of rotatable bonds is 2. The monoisotopic (exact) mass is 302 g/mol. The molecule has 5 N–H and O–H groups in total. The molecule has 0 amide bonds. The van der Waals surface area contributed by atoms with Crippen LogP contribution in [0.4, 0.5) is 8.78 Å². The summed E-state index contributed by atoms with van der Waals surface area (Å²) in [6.45, 7) is -0.0830. The molecule has 0 aliphatic carbocycles. The summed E-state index contributed by atoms with van der Waals surface area (Å²) < 4.78 is 26.1. The van der Waals surface area contributed by atoms with Crippen LogP contribution in [0.25, 0.3) is 0 Å². The molecule has 0 spiro atoms. The van der Waals surface area contributed by atoms with Crippen LogP contribution in [0.5, 0.6) is 5.75 Å². The molecule has 3 nitrogen and oxygen atoms in total. The molecule has 7 heteroatoms. The number of halogens is 4. The van der Waals surface area contributed by atoms with Crippen molar-refractivity contribution in [2.75, 3.05) is 6.54 Å². The van der Waals surface area contributed by atoms with Crippen LogP contribution in [0.15, 0.2) is 10.5 Å². The van der Waals surface area contributed by atoms with Crippen molar-refractivity contribution in [3.8, 4) is 5.75 Å². The lowest BCUT2D eigenvalue weighted by molar-refractivity contribution is 0.428. The quantitative estimate of drug-likeness (QED) is 0.730. The Hall–Kier alpha value is -0.430. The number of phenols is 1. The molecule has 1 rings (SSSR count). The number of nitrogens with two attached hydrogens (primary N) is 2. The summed E-state index contributed by atoms with van der Waals surface area (Å²) in [5, 5.41) is 9.42. The van der Waals surface area contributed by atoms with E-state index in [0.29, 0.717) is 0 Å². The van der Waals surface area contributed by atoms with Crippen molar-refractivity contribution in [3.63, 3.8) is 0 Å². The second kappa shape index (κ2) is 5.60. The first kappa shape index (κ1) is 14.6. The van der Waals surface area contributed by atoms with Crippen molar-refractivity contribution in [2.45, 2.75) is 6.04 Å². The van der Waals surface area contributed by atoms with Gasteiger partial charge in [-0.15, -0.1) is 12.4 Å². The van der Waals surface area contributed by atoms with E-state index in [0.717, 1.165) is 6.07 Å². The van der Waals surface area contributed by atoms with Gasteiger partial charge in [0.25, 0.3) is 0 Å². The maximum absolute atomic E-state index is 13.2. The summed E-state index contributed by atoms with van der Waals surface area (Å²) in [4.78, 5) is 0. The first-order valence-electron chi connectivity index (χ1n) is 3.81. The van der Waals surface area contributed by atoms with Crippen LogP contribution in [0.3, 0.4) is 0 Å². The minimum absolute atomic E-state index is 0.